The van der Waals surface area contributed by atoms with Gasteiger partial charge in [-0.15, -0.1) is 10.2 Å². The number of nitrogens with zero attached hydrogens (tertiary/aromatic N) is 3. The topological polar surface area (TPSA) is 58.5 Å². The van der Waals surface area contributed by atoms with Gasteiger partial charge in [-0.3, -0.25) is 0 Å². The minimum atomic E-state index is -0.487. The van der Waals surface area contributed by atoms with Crippen LogP contribution in [0.15, 0.2) is 5.51 Å². The molecule has 0 aliphatic heterocycles. The number of aliphatic hydroxyl groups excluding tert-OH is 1. The Balaban J connectivity index is 2.37. The van der Waals surface area contributed by atoms with Gasteiger partial charge in [0.15, 0.2) is 0 Å². The van der Waals surface area contributed by atoms with Crippen LogP contribution in [0, 0.1) is 0 Å². The summed E-state index contributed by atoms with van der Waals surface area (Å²) >= 11 is 1.44. The van der Waals surface area contributed by atoms with E-state index in [0.717, 1.165) is 5.13 Å². The zero-order valence-corrected chi connectivity index (χ0v) is 8.49. The van der Waals surface area contributed by atoms with Gasteiger partial charge >= 0.3 is 0 Å². The van der Waals surface area contributed by atoms with Gasteiger partial charge in [0.1, 0.15) is 5.51 Å². The molecule has 1 aromatic rings. The molecule has 0 amide bonds. The van der Waals surface area contributed by atoms with Crippen molar-refractivity contribution in [3.8, 4) is 0 Å². The molecule has 1 aromatic heterocycles. The van der Waals surface area contributed by atoms with Crippen molar-refractivity contribution in [3.63, 3.8) is 0 Å². The van der Waals surface area contributed by atoms with Crippen LogP contribution in [-0.2, 0) is 4.74 Å². The maximum Gasteiger partial charge on any atom is 0.207 e. The minimum Gasteiger partial charge on any atom is -0.389 e. The second kappa shape index (κ2) is 5.11. The quantitative estimate of drug-likeness (QED) is 0.729. The lowest BCUT2D eigenvalue weighted by molar-refractivity contribution is 0.0695. The fourth-order valence-electron chi connectivity index (χ4n) is 0.973. The largest absolute Gasteiger partial charge is 0.389 e. The molecule has 6 heteroatoms. The molecule has 1 unspecified atom stereocenters. The van der Waals surface area contributed by atoms with Crippen molar-refractivity contribution in [2.45, 2.75) is 6.10 Å². The van der Waals surface area contributed by atoms with Crippen LogP contribution in [0.25, 0.3) is 0 Å². The first kappa shape index (κ1) is 10.4. The number of rotatable bonds is 5. The molecule has 0 radical (unpaired) electrons. The Kier molecular flexibility index (Phi) is 4.07. The molecule has 0 aliphatic rings. The van der Waals surface area contributed by atoms with E-state index in [1.54, 1.807) is 12.6 Å². The highest BCUT2D eigenvalue weighted by Gasteiger charge is 2.10. The van der Waals surface area contributed by atoms with Crippen molar-refractivity contribution >= 4 is 16.5 Å². The molecule has 0 aliphatic carbocycles. The molecule has 0 aromatic carbocycles. The number of aromatic nitrogens is 2. The summed E-state index contributed by atoms with van der Waals surface area (Å²) in [6, 6.07) is 0. The molecular formula is C7H13N3O2S. The van der Waals surface area contributed by atoms with Gasteiger partial charge in [0.05, 0.1) is 12.7 Å². The van der Waals surface area contributed by atoms with Crippen LogP contribution < -0.4 is 4.90 Å². The van der Waals surface area contributed by atoms with Crippen LogP contribution in [0.5, 0.6) is 0 Å². The number of methoxy groups -OCH3 is 1. The normalized spacial score (nSPS) is 12.8. The predicted molar refractivity (Wildman–Crippen MR) is 51.1 cm³/mol. The van der Waals surface area contributed by atoms with Crippen molar-refractivity contribution in [2.75, 3.05) is 32.2 Å². The maximum absolute atomic E-state index is 9.41. The molecular weight excluding hydrogens is 190 g/mol. The Bertz CT molecular complexity index is 230. The smallest absolute Gasteiger partial charge is 0.207 e. The number of likely N-dealkylation sites (N-methyl/N-ethyl adjacent to an activating group) is 1. The van der Waals surface area contributed by atoms with Crippen LogP contribution in [0.4, 0.5) is 5.13 Å². The van der Waals surface area contributed by atoms with E-state index in [1.807, 2.05) is 11.9 Å². The van der Waals surface area contributed by atoms with Gasteiger partial charge in [0.25, 0.3) is 0 Å². The summed E-state index contributed by atoms with van der Waals surface area (Å²) in [5.74, 6) is 0. The molecule has 0 saturated carbocycles. The second-order valence-corrected chi connectivity index (χ2v) is 3.52. The minimum absolute atomic E-state index is 0.336. The molecule has 5 nitrogen and oxygen atoms in total. The lowest BCUT2D eigenvalue weighted by Gasteiger charge is -2.18. The van der Waals surface area contributed by atoms with Gasteiger partial charge in [-0.1, -0.05) is 11.3 Å². The maximum atomic E-state index is 9.41. The SMILES string of the molecule is COCC(O)CN(C)c1nncs1. The predicted octanol–water partition coefficient (Wildman–Crippen LogP) is -0.0184. The van der Waals surface area contributed by atoms with E-state index in [4.69, 9.17) is 4.74 Å². The highest BCUT2D eigenvalue weighted by atomic mass is 32.1. The van der Waals surface area contributed by atoms with Gasteiger partial charge in [0.2, 0.25) is 5.13 Å². The number of aliphatic hydroxyl groups is 1. The Morgan fingerprint density at radius 3 is 3.08 bits per heavy atom. The Morgan fingerprint density at radius 2 is 2.54 bits per heavy atom. The van der Waals surface area contributed by atoms with E-state index < -0.39 is 6.10 Å². The summed E-state index contributed by atoms with van der Waals surface area (Å²) in [5.41, 5.74) is 1.66. The molecule has 1 rings (SSSR count). The lowest BCUT2D eigenvalue weighted by Crippen LogP contribution is -2.31. The molecule has 0 spiro atoms. The summed E-state index contributed by atoms with van der Waals surface area (Å²) in [7, 11) is 3.42. The first-order valence-corrected chi connectivity index (χ1v) is 4.76. The molecule has 0 bridgehead atoms. The summed E-state index contributed by atoms with van der Waals surface area (Å²) in [5, 5.41) is 17.8. The van der Waals surface area contributed by atoms with Crippen molar-refractivity contribution in [1.29, 1.82) is 0 Å². The van der Waals surface area contributed by atoms with Crippen molar-refractivity contribution in [3.05, 3.63) is 5.51 Å². The van der Waals surface area contributed by atoms with Crippen molar-refractivity contribution < 1.29 is 9.84 Å². The fourth-order valence-corrected chi connectivity index (χ4v) is 1.51. The number of hydrogen-bond acceptors (Lipinski definition) is 6. The Labute approximate surface area is 81.0 Å². The first-order valence-electron chi connectivity index (χ1n) is 3.88. The van der Waals surface area contributed by atoms with Crippen molar-refractivity contribution in [1.82, 2.24) is 10.2 Å². The summed E-state index contributed by atoms with van der Waals surface area (Å²) < 4.78 is 4.81. The molecule has 1 N–H and O–H groups in total. The average Bonchev–Trinajstić information content (AvgIpc) is 2.55. The zero-order valence-electron chi connectivity index (χ0n) is 7.67. The molecule has 0 saturated heterocycles. The average molecular weight is 203 g/mol. The van der Waals surface area contributed by atoms with Gasteiger partial charge in [0, 0.05) is 20.7 Å². The van der Waals surface area contributed by atoms with E-state index in [1.165, 1.54) is 11.3 Å². The molecule has 1 atom stereocenters. The summed E-state index contributed by atoms with van der Waals surface area (Å²) in [6.45, 7) is 0.839. The summed E-state index contributed by atoms with van der Waals surface area (Å²) in [4.78, 5) is 1.85. The number of hydrogen-bond donors (Lipinski definition) is 1. The van der Waals surface area contributed by atoms with Crippen LogP contribution in [0.3, 0.4) is 0 Å². The molecule has 74 valence electrons. The Hall–Kier alpha value is -0.720. The monoisotopic (exact) mass is 203 g/mol. The van der Waals surface area contributed by atoms with E-state index in [-0.39, 0.29) is 0 Å². The third kappa shape index (κ3) is 3.25. The third-order valence-corrected chi connectivity index (χ3v) is 2.32. The summed E-state index contributed by atoms with van der Waals surface area (Å²) in [6.07, 6.45) is -0.487. The molecule has 0 fully saturated rings. The first-order chi connectivity index (χ1) is 6.24. The third-order valence-electron chi connectivity index (χ3n) is 1.52. The standard InChI is InChI=1S/C7H13N3O2S/c1-10(3-6(11)4-12-2)7-9-8-5-13-7/h5-6,11H,3-4H2,1-2H3. The van der Waals surface area contributed by atoms with E-state index in [2.05, 4.69) is 10.2 Å². The van der Waals surface area contributed by atoms with Gasteiger partial charge < -0.3 is 14.7 Å². The highest BCUT2D eigenvalue weighted by molar-refractivity contribution is 7.13. The van der Waals surface area contributed by atoms with Crippen LogP contribution in [0.2, 0.25) is 0 Å². The van der Waals surface area contributed by atoms with Crippen LogP contribution in [0.1, 0.15) is 0 Å². The number of ether oxygens (including phenoxy) is 1. The van der Waals surface area contributed by atoms with Gasteiger partial charge in [-0.25, -0.2) is 0 Å². The second-order valence-electron chi connectivity index (χ2n) is 2.71. The zero-order chi connectivity index (χ0) is 9.68. The molecule has 1 heterocycles. The fraction of sp³-hybridized carbons (Fsp3) is 0.714. The Morgan fingerprint density at radius 1 is 1.77 bits per heavy atom. The molecule has 13 heavy (non-hydrogen) atoms. The van der Waals surface area contributed by atoms with E-state index >= 15 is 0 Å². The van der Waals surface area contributed by atoms with Crippen LogP contribution in [-0.4, -0.2) is 48.7 Å². The van der Waals surface area contributed by atoms with Gasteiger partial charge in [-0.2, -0.15) is 0 Å². The highest BCUT2D eigenvalue weighted by Crippen LogP contribution is 2.13. The lowest BCUT2D eigenvalue weighted by atomic mass is 10.3. The van der Waals surface area contributed by atoms with Gasteiger partial charge in [-0.05, 0) is 0 Å². The van der Waals surface area contributed by atoms with E-state index in [9.17, 15) is 5.11 Å². The van der Waals surface area contributed by atoms with Crippen molar-refractivity contribution in [2.24, 2.45) is 0 Å². The van der Waals surface area contributed by atoms with Crippen LogP contribution >= 0.6 is 11.3 Å². The van der Waals surface area contributed by atoms with E-state index in [0.29, 0.717) is 13.2 Å². The number of anilines is 1.